The van der Waals surface area contributed by atoms with Gasteiger partial charge in [0.05, 0.1) is 0 Å². The molecule has 1 saturated heterocycles. The van der Waals surface area contributed by atoms with Crippen LogP contribution >= 0.6 is 0 Å². The number of ether oxygens (including phenoxy) is 1. The smallest absolute Gasteiger partial charge is 0.123 e. The molecule has 0 aromatic heterocycles. The second kappa shape index (κ2) is 6.17. The molecule has 2 aliphatic heterocycles. The minimum absolute atomic E-state index is 0.0957. The molecule has 1 fully saturated rings. The fraction of sp³-hybridized carbons (Fsp3) is 0.478. The van der Waals surface area contributed by atoms with Gasteiger partial charge in [0.2, 0.25) is 0 Å². The van der Waals surface area contributed by atoms with Crippen LogP contribution in [0.3, 0.4) is 0 Å². The molecule has 0 bridgehead atoms. The Kier molecular flexibility index (Phi) is 3.82. The number of hydrogen-bond donors (Lipinski definition) is 0. The standard InChI is InChI=1S/C23H27NO/c1-3-7-21-18(5-1)9-10-20(21)17-24-15-13-23(14-16-24)12-11-19-6-2-4-8-22(19)25-23/h1-8,20H,9-17H2. The summed E-state index contributed by atoms with van der Waals surface area (Å²) in [6, 6.07) is 17.6. The number of piperidine rings is 1. The van der Waals surface area contributed by atoms with Gasteiger partial charge in [-0.15, -0.1) is 0 Å². The molecular weight excluding hydrogens is 306 g/mol. The summed E-state index contributed by atoms with van der Waals surface area (Å²) in [5.74, 6) is 1.87. The molecule has 1 atom stereocenters. The summed E-state index contributed by atoms with van der Waals surface area (Å²) in [5.41, 5.74) is 4.66. The molecule has 1 aliphatic carbocycles. The molecule has 0 N–H and O–H groups in total. The van der Waals surface area contributed by atoms with Gasteiger partial charge in [-0.1, -0.05) is 42.5 Å². The summed E-state index contributed by atoms with van der Waals surface area (Å²) in [5, 5.41) is 0. The van der Waals surface area contributed by atoms with Crippen LogP contribution in [0.15, 0.2) is 48.5 Å². The summed E-state index contributed by atoms with van der Waals surface area (Å²) < 4.78 is 6.51. The summed E-state index contributed by atoms with van der Waals surface area (Å²) in [6.45, 7) is 3.59. The Morgan fingerprint density at radius 1 is 0.880 bits per heavy atom. The summed E-state index contributed by atoms with van der Waals surface area (Å²) in [6.07, 6.45) is 7.30. The predicted molar refractivity (Wildman–Crippen MR) is 101 cm³/mol. The van der Waals surface area contributed by atoms with E-state index in [4.69, 9.17) is 4.74 Å². The average Bonchev–Trinajstić information content (AvgIpc) is 3.07. The first kappa shape index (κ1) is 15.5. The maximum absolute atomic E-state index is 6.51. The molecule has 2 heteroatoms. The van der Waals surface area contributed by atoms with Gasteiger partial charge in [0.1, 0.15) is 11.4 Å². The largest absolute Gasteiger partial charge is 0.487 e. The van der Waals surface area contributed by atoms with Gasteiger partial charge < -0.3 is 9.64 Å². The van der Waals surface area contributed by atoms with E-state index in [2.05, 4.69) is 53.4 Å². The maximum Gasteiger partial charge on any atom is 0.123 e. The highest BCUT2D eigenvalue weighted by atomic mass is 16.5. The van der Waals surface area contributed by atoms with Crippen molar-refractivity contribution in [2.45, 2.75) is 50.0 Å². The highest BCUT2D eigenvalue weighted by molar-refractivity contribution is 5.37. The Morgan fingerprint density at radius 2 is 1.64 bits per heavy atom. The number of rotatable bonds is 2. The van der Waals surface area contributed by atoms with Crippen molar-refractivity contribution < 1.29 is 4.74 Å². The van der Waals surface area contributed by atoms with Gasteiger partial charge in [0, 0.05) is 19.6 Å². The summed E-state index contributed by atoms with van der Waals surface area (Å²) in [7, 11) is 0. The lowest BCUT2D eigenvalue weighted by atomic mass is 9.83. The van der Waals surface area contributed by atoms with E-state index < -0.39 is 0 Å². The lowest BCUT2D eigenvalue weighted by molar-refractivity contribution is -0.0156. The van der Waals surface area contributed by atoms with Crippen molar-refractivity contribution in [3.63, 3.8) is 0 Å². The van der Waals surface area contributed by atoms with Crippen LogP contribution < -0.4 is 4.74 Å². The van der Waals surface area contributed by atoms with Crippen LogP contribution in [0.5, 0.6) is 5.75 Å². The van der Waals surface area contributed by atoms with Crippen LogP contribution in [-0.2, 0) is 12.8 Å². The number of fused-ring (bicyclic) bond motifs is 2. The van der Waals surface area contributed by atoms with E-state index >= 15 is 0 Å². The van der Waals surface area contributed by atoms with E-state index in [1.165, 1.54) is 63.7 Å². The number of para-hydroxylation sites is 1. The normalized spacial score (nSPS) is 24.6. The van der Waals surface area contributed by atoms with Crippen molar-refractivity contribution >= 4 is 0 Å². The van der Waals surface area contributed by atoms with Gasteiger partial charge >= 0.3 is 0 Å². The van der Waals surface area contributed by atoms with Gasteiger partial charge in [-0.25, -0.2) is 0 Å². The molecule has 2 heterocycles. The Labute approximate surface area is 150 Å². The van der Waals surface area contributed by atoms with Crippen molar-refractivity contribution in [1.29, 1.82) is 0 Å². The van der Waals surface area contributed by atoms with E-state index in [9.17, 15) is 0 Å². The molecule has 0 saturated carbocycles. The van der Waals surface area contributed by atoms with Crippen LogP contribution in [0.1, 0.15) is 48.3 Å². The highest BCUT2D eigenvalue weighted by Crippen LogP contribution is 2.40. The minimum atomic E-state index is 0.0957. The van der Waals surface area contributed by atoms with Gasteiger partial charge in [0.25, 0.3) is 0 Å². The Morgan fingerprint density at radius 3 is 2.52 bits per heavy atom. The maximum atomic E-state index is 6.51. The third-order valence-electron chi connectivity index (χ3n) is 6.65. The quantitative estimate of drug-likeness (QED) is 0.798. The molecule has 1 unspecified atom stereocenters. The first-order chi connectivity index (χ1) is 12.3. The minimum Gasteiger partial charge on any atom is -0.487 e. The van der Waals surface area contributed by atoms with Gasteiger partial charge in [0.15, 0.2) is 0 Å². The zero-order chi connectivity index (χ0) is 16.7. The number of hydrogen-bond acceptors (Lipinski definition) is 2. The Hall–Kier alpha value is -1.80. The van der Waals surface area contributed by atoms with E-state index in [0.29, 0.717) is 0 Å². The third-order valence-corrected chi connectivity index (χ3v) is 6.65. The average molecular weight is 333 g/mol. The zero-order valence-corrected chi connectivity index (χ0v) is 14.9. The van der Waals surface area contributed by atoms with Crippen molar-refractivity contribution in [1.82, 2.24) is 4.90 Å². The van der Waals surface area contributed by atoms with Crippen molar-refractivity contribution in [3.05, 3.63) is 65.2 Å². The second-order valence-electron chi connectivity index (χ2n) is 8.13. The van der Waals surface area contributed by atoms with E-state index in [-0.39, 0.29) is 5.60 Å². The van der Waals surface area contributed by atoms with Crippen LogP contribution in [-0.4, -0.2) is 30.1 Å². The van der Waals surface area contributed by atoms with Crippen LogP contribution in [0.25, 0.3) is 0 Å². The fourth-order valence-corrected chi connectivity index (χ4v) is 5.10. The van der Waals surface area contributed by atoms with Crippen molar-refractivity contribution in [2.24, 2.45) is 0 Å². The summed E-state index contributed by atoms with van der Waals surface area (Å²) in [4.78, 5) is 2.68. The molecule has 5 rings (SSSR count). The van der Waals surface area contributed by atoms with Gasteiger partial charge in [-0.05, 0) is 67.2 Å². The first-order valence-electron chi connectivity index (χ1n) is 9.88. The lowest BCUT2D eigenvalue weighted by Crippen LogP contribution is -2.50. The van der Waals surface area contributed by atoms with Gasteiger partial charge in [-0.3, -0.25) is 0 Å². The predicted octanol–water partition coefficient (Wildman–Crippen LogP) is 4.58. The first-order valence-corrected chi connectivity index (χ1v) is 9.88. The van der Waals surface area contributed by atoms with Crippen LogP contribution in [0.4, 0.5) is 0 Å². The van der Waals surface area contributed by atoms with E-state index in [0.717, 1.165) is 11.7 Å². The third kappa shape index (κ3) is 2.87. The molecule has 0 amide bonds. The molecule has 2 aromatic carbocycles. The molecule has 1 spiro atoms. The van der Waals surface area contributed by atoms with Crippen LogP contribution in [0.2, 0.25) is 0 Å². The molecular formula is C23H27NO. The molecule has 2 aromatic rings. The SMILES string of the molecule is c1ccc2c(c1)CCC1(CCN(CC3CCc4ccccc43)CC1)O2. The Balaban J connectivity index is 1.23. The lowest BCUT2D eigenvalue weighted by Gasteiger charge is -2.45. The number of likely N-dealkylation sites (tertiary alicyclic amines) is 1. The number of aryl methyl sites for hydroxylation is 2. The zero-order valence-electron chi connectivity index (χ0n) is 14.9. The van der Waals surface area contributed by atoms with Crippen molar-refractivity contribution in [2.75, 3.05) is 19.6 Å². The highest BCUT2D eigenvalue weighted by Gasteiger charge is 2.39. The molecule has 25 heavy (non-hydrogen) atoms. The number of nitrogens with zero attached hydrogens (tertiary/aromatic N) is 1. The fourth-order valence-electron chi connectivity index (χ4n) is 5.10. The topological polar surface area (TPSA) is 12.5 Å². The van der Waals surface area contributed by atoms with Gasteiger partial charge in [-0.2, -0.15) is 0 Å². The van der Waals surface area contributed by atoms with E-state index in [1.54, 1.807) is 11.1 Å². The number of benzene rings is 2. The molecule has 130 valence electrons. The molecule has 2 nitrogen and oxygen atoms in total. The molecule has 3 aliphatic rings. The Bertz CT molecular complexity index is 760. The van der Waals surface area contributed by atoms with Crippen LogP contribution in [0, 0.1) is 0 Å². The van der Waals surface area contributed by atoms with Crippen molar-refractivity contribution in [3.8, 4) is 5.75 Å². The van der Waals surface area contributed by atoms with E-state index in [1.807, 2.05) is 0 Å². The second-order valence-corrected chi connectivity index (χ2v) is 8.13. The monoisotopic (exact) mass is 333 g/mol. The summed E-state index contributed by atoms with van der Waals surface area (Å²) >= 11 is 0. The molecule has 0 radical (unpaired) electrons.